The van der Waals surface area contributed by atoms with Crippen LogP contribution in [0, 0.1) is 6.92 Å². The van der Waals surface area contributed by atoms with Crippen molar-refractivity contribution in [3.63, 3.8) is 0 Å². The van der Waals surface area contributed by atoms with Crippen molar-refractivity contribution in [2.24, 2.45) is 0 Å². The summed E-state index contributed by atoms with van der Waals surface area (Å²) in [5, 5.41) is 0. The van der Waals surface area contributed by atoms with E-state index in [1.165, 1.54) is 5.56 Å². The number of anilines is 1. The minimum atomic E-state index is 1.13. The van der Waals surface area contributed by atoms with E-state index in [2.05, 4.69) is 23.8 Å². The second kappa shape index (κ2) is 3.22. The molecule has 0 aliphatic carbocycles. The molecule has 0 unspecified atom stereocenters. The van der Waals surface area contributed by atoms with Gasteiger partial charge in [-0.3, -0.25) is 0 Å². The maximum absolute atomic E-state index is 3.03. The molecular formula is C8H12N2. The molecule has 0 spiro atoms. The van der Waals surface area contributed by atoms with E-state index in [-0.39, 0.29) is 0 Å². The molecule has 0 heterocycles. The van der Waals surface area contributed by atoms with Gasteiger partial charge in [-0.05, 0) is 18.6 Å². The molecule has 1 rings (SSSR count). The molecule has 0 radical (unpaired) electrons. The number of hydrogen-bond acceptors (Lipinski definition) is 2. The van der Waals surface area contributed by atoms with Crippen molar-refractivity contribution in [2.75, 3.05) is 12.5 Å². The van der Waals surface area contributed by atoms with Crippen molar-refractivity contribution in [3.05, 3.63) is 29.8 Å². The fourth-order valence-electron chi connectivity index (χ4n) is 0.848. The van der Waals surface area contributed by atoms with Crippen molar-refractivity contribution < 1.29 is 0 Å². The molecule has 0 saturated carbocycles. The van der Waals surface area contributed by atoms with Crippen LogP contribution < -0.4 is 10.9 Å². The Morgan fingerprint density at radius 2 is 1.90 bits per heavy atom. The third-order valence-electron chi connectivity index (χ3n) is 1.40. The monoisotopic (exact) mass is 136 g/mol. The van der Waals surface area contributed by atoms with Crippen molar-refractivity contribution in [2.45, 2.75) is 6.92 Å². The Morgan fingerprint density at radius 3 is 2.50 bits per heavy atom. The lowest BCUT2D eigenvalue weighted by atomic mass is 10.2. The molecule has 0 fully saturated rings. The molecule has 0 aliphatic rings. The number of benzene rings is 1. The Kier molecular flexibility index (Phi) is 2.29. The summed E-state index contributed by atoms with van der Waals surface area (Å²) >= 11 is 0. The Hall–Kier alpha value is -1.02. The van der Waals surface area contributed by atoms with E-state index in [4.69, 9.17) is 0 Å². The highest BCUT2D eigenvalue weighted by atomic mass is 15.3. The topological polar surface area (TPSA) is 24.1 Å². The summed E-state index contributed by atoms with van der Waals surface area (Å²) in [5.41, 5.74) is 8.28. The highest BCUT2D eigenvalue weighted by molar-refractivity contribution is 5.49. The third kappa shape index (κ3) is 1.48. The standard InChI is InChI=1S/C8H12N2/c1-7-5-3-4-6-8(7)10-9-2/h3-6,9-10H,1-2H3. The minimum Gasteiger partial charge on any atom is -0.321 e. The average Bonchev–Trinajstić information content (AvgIpc) is 1.94. The fourth-order valence-corrected chi connectivity index (χ4v) is 0.848. The Morgan fingerprint density at radius 1 is 1.20 bits per heavy atom. The van der Waals surface area contributed by atoms with Crippen LogP contribution in [-0.4, -0.2) is 7.05 Å². The summed E-state index contributed by atoms with van der Waals surface area (Å²) in [4.78, 5) is 0. The predicted octanol–water partition coefficient (Wildman–Crippen LogP) is 1.54. The van der Waals surface area contributed by atoms with Gasteiger partial charge in [-0.15, -0.1) is 0 Å². The molecular weight excluding hydrogens is 124 g/mol. The van der Waals surface area contributed by atoms with E-state index in [1.807, 2.05) is 25.2 Å². The van der Waals surface area contributed by atoms with E-state index < -0.39 is 0 Å². The molecule has 0 aromatic heterocycles. The molecule has 1 aromatic carbocycles. The van der Waals surface area contributed by atoms with Crippen molar-refractivity contribution >= 4 is 5.69 Å². The van der Waals surface area contributed by atoms with Gasteiger partial charge in [0, 0.05) is 7.05 Å². The summed E-state index contributed by atoms with van der Waals surface area (Å²) in [5.74, 6) is 0. The fraction of sp³-hybridized carbons (Fsp3) is 0.250. The summed E-state index contributed by atoms with van der Waals surface area (Å²) in [6.45, 7) is 2.07. The highest BCUT2D eigenvalue weighted by Gasteiger charge is 1.90. The molecule has 2 nitrogen and oxygen atoms in total. The van der Waals surface area contributed by atoms with Crippen LogP contribution in [0.5, 0.6) is 0 Å². The number of rotatable bonds is 2. The van der Waals surface area contributed by atoms with Crippen LogP contribution in [0.25, 0.3) is 0 Å². The zero-order valence-electron chi connectivity index (χ0n) is 6.31. The second-order valence-corrected chi connectivity index (χ2v) is 2.19. The van der Waals surface area contributed by atoms with Crippen LogP contribution in [0.15, 0.2) is 24.3 Å². The summed E-state index contributed by atoms with van der Waals surface area (Å²) in [6.07, 6.45) is 0. The Balaban J connectivity index is 2.81. The lowest BCUT2D eigenvalue weighted by Gasteiger charge is -2.05. The van der Waals surface area contributed by atoms with Crippen LogP contribution in [0.4, 0.5) is 5.69 Å². The molecule has 10 heavy (non-hydrogen) atoms. The summed E-state index contributed by atoms with van der Waals surface area (Å²) < 4.78 is 0. The SMILES string of the molecule is CNNc1ccccc1C. The summed E-state index contributed by atoms with van der Waals surface area (Å²) in [6, 6.07) is 8.13. The van der Waals surface area contributed by atoms with Crippen LogP contribution in [0.2, 0.25) is 0 Å². The first-order chi connectivity index (χ1) is 4.84. The van der Waals surface area contributed by atoms with Crippen LogP contribution in [0.1, 0.15) is 5.56 Å². The molecule has 0 aliphatic heterocycles. The second-order valence-electron chi connectivity index (χ2n) is 2.19. The van der Waals surface area contributed by atoms with Crippen molar-refractivity contribution in [1.82, 2.24) is 5.43 Å². The molecule has 2 heteroatoms. The lowest BCUT2D eigenvalue weighted by molar-refractivity contribution is 0.980. The predicted molar refractivity (Wildman–Crippen MR) is 43.9 cm³/mol. The van der Waals surface area contributed by atoms with Crippen LogP contribution in [0.3, 0.4) is 0 Å². The summed E-state index contributed by atoms with van der Waals surface area (Å²) in [7, 11) is 1.85. The van der Waals surface area contributed by atoms with Crippen LogP contribution in [-0.2, 0) is 0 Å². The Labute approximate surface area is 61.2 Å². The smallest absolute Gasteiger partial charge is 0.0516 e. The molecule has 54 valence electrons. The maximum Gasteiger partial charge on any atom is 0.0516 e. The average molecular weight is 136 g/mol. The van der Waals surface area contributed by atoms with Gasteiger partial charge in [-0.2, -0.15) is 0 Å². The Bertz CT molecular complexity index is 208. The zero-order chi connectivity index (χ0) is 7.40. The number of hydrazine groups is 1. The largest absolute Gasteiger partial charge is 0.321 e. The first-order valence-electron chi connectivity index (χ1n) is 3.33. The lowest BCUT2D eigenvalue weighted by Crippen LogP contribution is -2.15. The minimum absolute atomic E-state index is 1.13. The molecule has 0 bridgehead atoms. The van der Waals surface area contributed by atoms with Crippen molar-refractivity contribution in [3.8, 4) is 0 Å². The van der Waals surface area contributed by atoms with E-state index in [0.717, 1.165) is 5.69 Å². The first-order valence-corrected chi connectivity index (χ1v) is 3.33. The van der Waals surface area contributed by atoms with Gasteiger partial charge in [0.05, 0.1) is 5.69 Å². The van der Waals surface area contributed by atoms with Gasteiger partial charge in [0.25, 0.3) is 0 Å². The van der Waals surface area contributed by atoms with E-state index in [1.54, 1.807) is 0 Å². The highest BCUT2D eigenvalue weighted by Crippen LogP contribution is 2.10. The van der Waals surface area contributed by atoms with Gasteiger partial charge in [-0.25, -0.2) is 5.43 Å². The van der Waals surface area contributed by atoms with Gasteiger partial charge >= 0.3 is 0 Å². The van der Waals surface area contributed by atoms with E-state index in [0.29, 0.717) is 0 Å². The van der Waals surface area contributed by atoms with Gasteiger partial charge in [0.15, 0.2) is 0 Å². The zero-order valence-corrected chi connectivity index (χ0v) is 6.31. The number of hydrogen-bond donors (Lipinski definition) is 2. The molecule has 0 saturated heterocycles. The number of aryl methyl sites for hydroxylation is 1. The number of nitrogens with one attached hydrogen (secondary N) is 2. The van der Waals surface area contributed by atoms with Crippen LogP contribution >= 0.6 is 0 Å². The van der Waals surface area contributed by atoms with Gasteiger partial charge < -0.3 is 5.43 Å². The number of para-hydroxylation sites is 1. The van der Waals surface area contributed by atoms with Gasteiger partial charge in [0.2, 0.25) is 0 Å². The van der Waals surface area contributed by atoms with Crippen molar-refractivity contribution in [1.29, 1.82) is 0 Å². The van der Waals surface area contributed by atoms with E-state index >= 15 is 0 Å². The first kappa shape index (κ1) is 7.09. The normalized spacial score (nSPS) is 9.40. The van der Waals surface area contributed by atoms with Gasteiger partial charge in [0.1, 0.15) is 0 Å². The van der Waals surface area contributed by atoms with E-state index in [9.17, 15) is 0 Å². The maximum atomic E-state index is 3.03. The van der Waals surface area contributed by atoms with Gasteiger partial charge in [-0.1, -0.05) is 18.2 Å². The quantitative estimate of drug-likeness (QED) is 0.603. The molecule has 2 N–H and O–H groups in total. The molecule has 1 aromatic rings. The third-order valence-corrected chi connectivity index (χ3v) is 1.40. The molecule has 0 atom stereocenters. The molecule has 0 amide bonds.